The lowest BCUT2D eigenvalue weighted by Gasteiger charge is -2.23. The van der Waals surface area contributed by atoms with Crippen LogP contribution in [0.4, 0.5) is 17.1 Å². The fourth-order valence-electron chi connectivity index (χ4n) is 4.35. The van der Waals surface area contributed by atoms with Gasteiger partial charge in [-0.2, -0.15) is 0 Å². The van der Waals surface area contributed by atoms with E-state index >= 15 is 0 Å². The van der Waals surface area contributed by atoms with Gasteiger partial charge >= 0.3 is 5.97 Å². The molecule has 0 aromatic heterocycles. The molecule has 0 saturated heterocycles. The Kier molecular flexibility index (Phi) is 8.68. The number of esters is 1. The Bertz CT molecular complexity index is 1490. The maximum absolute atomic E-state index is 13.2. The second-order valence-corrected chi connectivity index (χ2v) is 10.8. The number of anilines is 3. The average molecular weight is 549 g/mol. The van der Waals surface area contributed by atoms with Crippen LogP contribution >= 0.6 is 0 Å². The maximum Gasteiger partial charge on any atom is 0.338 e. The molecule has 39 heavy (non-hydrogen) atoms. The predicted molar refractivity (Wildman–Crippen MR) is 155 cm³/mol. The Labute approximate surface area is 228 Å². The quantitative estimate of drug-likeness (QED) is 0.187. The van der Waals surface area contributed by atoms with Crippen LogP contribution in [0.2, 0.25) is 0 Å². The van der Waals surface area contributed by atoms with Crippen molar-refractivity contribution < 1.29 is 22.7 Å². The van der Waals surface area contributed by atoms with Gasteiger partial charge in [-0.1, -0.05) is 43.3 Å². The lowest BCUT2D eigenvalue weighted by atomic mass is 9.99. The second-order valence-electron chi connectivity index (χ2n) is 8.91. The van der Waals surface area contributed by atoms with Gasteiger partial charge < -0.3 is 20.7 Å². The van der Waals surface area contributed by atoms with Crippen LogP contribution in [0.25, 0.3) is 11.3 Å². The fraction of sp³-hybridized carbons (Fsp3) is 0.241. The molecule has 204 valence electrons. The highest BCUT2D eigenvalue weighted by atomic mass is 32.2. The number of ether oxygens (including phenoxy) is 1. The molecule has 9 nitrogen and oxygen atoms in total. The molecule has 0 unspecified atom stereocenters. The first-order valence-electron chi connectivity index (χ1n) is 12.7. The van der Waals surface area contributed by atoms with Gasteiger partial charge in [-0.05, 0) is 55.4 Å². The first-order chi connectivity index (χ1) is 18.7. The Morgan fingerprint density at radius 2 is 1.69 bits per heavy atom. The zero-order chi connectivity index (χ0) is 28.0. The highest BCUT2D eigenvalue weighted by Gasteiger charge is 2.29. The number of amides is 1. The number of carbonyl (C=O) groups is 2. The smallest absolute Gasteiger partial charge is 0.338 e. The van der Waals surface area contributed by atoms with Crippen molar-refractivity contribution in [1.29, 1.82) is 0 Å². The van der Waals surface area contributed by atoms with Crippen LogP contribution in [-0.4, -0.2) is 52.8 Å². The van der Waals surface area contributed by atoms with E-state index in [-0.39, 0.29) is 12.5 Å². The van der Waals surface area contributed by atoms with E-state index in [2.05, 4.69) is 16.0 Å². The Balaban J connectivity index is 1.71. The van der Waals surface area contributed by atoms with Crippen molar-refractivity contribution in [3.63, 3.8) is 0 Å². The third-order valence-corrected chi connectivity index (χ3v) is 7.35. The van der Waals surface area contributed by atoms with Crippen molar-refractivity contribution >= 4 is 50.2 Å². The third-order valence-electron chi connectivity index (χ3n) is 6.15. The summed E-state index contributed by atoms with van der Waals surface area (Å²) in [6.07, 6.45) is 1.19. The number of nitrogens with zero attached hydrogens (tertiary/aromatic N) is 1. The van der Waals surface area contributed by atoms with Crippen LogP contribution in [-0.2, 0) is 19.6 Å². The van der Waals surface area contributed by atoms with Gasteiger partial charge in [0, 0.05) is 24.3 Å². The molecule has 0 bridgehead atoms. The number of benzene rings is 3. The fourth-order valence-corrected chi connectivity index (χ4v) is 5.27. The predicted octanol–water partition coefficient (Wildman–Crippen LogP) is 4.17. The summed E-state index contributed by atoms with van der Waals surface area (Å²) < 4.78 is 31.3. The molecule has 0 atom stereocenters. The van der Waals surface area contributed by atoms with Crippen molar-refractivity contribution in [2.24, 2.45) is 0 Å². The van der Waals surface area contributed by atoms with Crippen LogP contribution < -0.4 is 20.3 Å². The lowest BCUT2D eigenvalue weighted by Crippen LogP contribution is -2.36. The zero-order valence-electron chi connectivity index (χ0n) is 22.2. The molecule has 1 aliphatic heterocycles. The van der Waals surface area contributed by atoms with Gasteiger partial charge in [0.2, 0.25) is 10.0 Å². The lowest BCUT2D eigenvalue weighted by molar-refractivity contribution is -0.110. The molecular weight excluding hydrogens is 516 g/mol. The number of hydrogen-bond donors (Lipinski definition) is 3. The summed E-state index contributed by atoms with van der Waals surface area (Å²) in [6.45, 7) is 5.54. The van der Waals surface area contributed by atoms with E-state index in [0.717, 1.165) is 12.1 Å². The van der Waals surface area contributed by atoms with E-state index < -0.39 is 16.0 Å². The number of likely N-dealkylation sites (N-methyl/N-ethyl adjacent to an activating group) is 1. The van der Waals surface area contributed by atoms with E-state index in [1.165, 1.54) is 10.6 Å². The molecule has 0 spiro atoms. The van der Waals surface area contributed by atoms with Crippen molar-refractivity contribution in [3.8, 4) is 0 Å². The highest BCUT2D eigenvalue weighted by Crippen LogP contribution is 2.38. The molecule has 4 rings (SSSR count). The summed E-state index contributed by atoms with van der Waals surface area (Å²) in [6, 6.07) is 21.5. The molecule has 3 aromatic carbocycles. The Morgan fingerprint density at radius 3 is 2.33 bits per heavy atom. The number of carbonyl (C=O) groups excluding carboxylic acids is 2. The molecule has 10 heteroatoms. The van der Waals surface area contributed by atoms with Crippen LogP contribution in [0.1, 0.15) is 35.3 Å². The van der Waals surface area contributed by atoms with Crippen LogP contribution in [0, 0.1) is 0 Å². The molecule has 0 saturated carbocycles. The normalized spacial score (nSPS) is 13.9. The molecule has 0 fully saturated rings. The van der Waals surface area contributed by atoms with E-state index in [9.17, 15) is 18.0 Å². The van der Waals surface area contributed by atoms with Gasteiger partial charge in [0.15, 0.2) is 0 Å². The number of nitrogens with one attached hydrogen (secondary N) is 3. The number of sulfonamides is 1. The van der Waals surface area contributed by atoms with Crippen LogP contribution in [0.15, 0.2) is 72.8 Å². The van der Waals surface area contributed by atoms with Crippen molar-refractivity contribution in [2.75, 3.05) is 47.4 Å². The Hall–Kier alpha value is -4.15. The minimum atomic E-state index is -3.47. The summed E-state index contributed by atoms with van der Waals surface area (Å²) in [5, 5.41) is 9.38. The van der Waals surface area contributed by atoms with E-state index in [1.807, 2.05) is 37.3 Å². The molecular formula is C29H32N4O5S. The molecule has 1 heterocycles. The first-order valence-corrected chi connectivity index (χ1v) is 14.6. The summed E-state index contributed by atoms with van der Waals surface area (Å²) >= 11 is 0. The van der Waals surface area contributed by atoms with E-state index in [1.54, 1.807) is 49.4 Å². The van der Waals surface area contributed by atoms with Crippen molar-refractivity contribution in [2.45, 2.75) is 13.8 Å². The van der Waals surface area contributed by atoms with Crippen LogP contribution in [0.3, 0.4) is 0 Å². The molecule has 0 aliphatic carbocycles. The molecule has 0 radical (unpaired) electrons. The average Bonchev–Trinajstić information content (AvgIpc) is 3.25. The summed E-state index contributed by atoms with van der Waals surface area (Å²) in [5.41, 5.74) is 4.55. The minimum absolute atomic E-state index is 0.256. The van der Waals surface area contributed by atoms with Gasteiger partial charge in [-0.15, -0.1) is 0 Å². The largest absolute Gasteiger partial charge is 0.462 e. The van der Waals surface area contributed by atoms with Crippen molar-refractivity contribution in [3.05, 3.63) is 89.5 Å². The molecule has 3 aromatic rings. The molecule has 1 amide bonds. The number of hydrogen-bond acceptors (Lipinski definition) is 7. The third kappa shape index (κ3) is 6.47. The summed E-state index contributed by atoms with van der Waals surface area (Å²) in [7, 11) is -3.47. The summed E-state index contributed by atoms with van der Waals surface area (Å²) in [4.78, 5) is 25.4. The van der Waals surface area contributed by atoms with E-state index in [0.29, 0.717) is 52.5 Å². The standard InChI is InChI=1S/C29H32N4O5S/c1-4-30-17-18-33(39(3,36)37)23-14-12-22(13-15-23)31-27(20-9-7-6-8-10-20)26-24-16-11-21(29(35)38-5-2)19-25(24)32-28(26)34/h6-16,19,30-31H,4-5,17-18H2,1-3H3,(H,32,34). The summed E-state index contributed by atoms with van der Waals surface area (Å²) in [5.74, 6) is -0.761. The monoisotopic (exact) mass is 548 g/mol. The van der Waals surface area contributed by atoms with Gasteiger partial charge in [0.05, 0.1) is 41.1 Å². The van der Waals surface area contributed by atoms with Gasteiger partial charge in [0.25, 0.3) is 5.91 Å². The van der Waals surface area contributed by atoms with Gasteiger partial charge in [-0.3, -0.25) is 9.10 Å². The SMILES string of the molecule is CCNCCN(c1ccc(NC(=C2C(=O)Nc3cc(C(=O)OCC)ccc32)c2ccccc2)cc1)S(C)(=O)=O. The second kappa shape index (κ2) is 12.1. The molecule has 1 aliphatic rings. The Morgan fingerprint density at radius 1 is 0.974 bits per heavy atom. The number of rotatable bonds is 11. The van der Waals surface area contributed by atoms with Crippen LogP contribution in [0.5, 0.6) is 0 Å². The molecule has 3 N–H and O–H groups in total. The maximum atomic E-state index is 13.2. The van der Waals surface area contributed by atoms with Gasteiger partial charge in [0.1, 0.15) is 0 Å². The number of fused-ring (bicyclic) bond motifs is 1. The first kappa shape index (κ1) is 27.9. The zero-order valence-corrected chi connectivity index (χ0v) is 23.0. The van der Waals surface area contributed by atoms with E-state index in [4.69, 9.17) is 4.74 Å². The topological polar surface area (TPSA) is 117 Å². The van der Waals surface area contributed by atoms with Gasteiger partial charge in [-0.25, -0.2) is 13.2 Å². The van der Waals surface area contributed by atoms with Crippen molar-refractivity contribution in [1.82, 2.24) is 5.32 Å². The minimum Gasteiger partial charge on any atom is -0.462 e. The highest BCUT2D eigenvalue weighted by molar-refractivity contribution is 7.92.